The number of benzene rings is 1. The fourth-order valence-electron chi connectivity index (χ4n) is 3.76. The van der Waals surface area contributed by atoms with Crippen LogP contribution in [-0.4, -0.2) is 78.4 Å². The maximum Gasteiger partial charge on any atom is 0.238 e. The summed E-state index contributed by atoms with van der Waals surface area (Å²) in [5, 5.41) is 3.04. The summed E-state index contributed by atoms with van der Waals surface area (Å²) in [7, 11) is 0. The van der Waals surface area contributed by atoms with Gasteiger partial charge in [-0.3, -0.25) is 19.4 Å². The molecule has 1 heterocycles. The van der Waals surface area contributed by atoms with Gasteiger partial charge in [-0.25, -0.2) is 0 Å². The van der Waals surface area contributed by atoms with E-state index in [2.05, 4.69) is 29.0 Å². The zero-order valence-electron chi connectivity index (χ0n) is 16.6. The van der Waals surface area contributed by atoms with Crippen molar-refractivity contribution in [1.82, 2.24) is 14.7 Å². The SMILES string of the molecule is CCc1ccccc1NC(=O)CN1CCN(CC(=O)N(CC)C2CC2)CC1. The van der Waals surface area contributed by atoms with E-state index in [1.807, 2.05) is 29.2 Å². The first-order valence-corrected chi connectivity index (χ1v) is 10.2. The Morgan fingerprint density at radius 1 is 1.04 bits per heavy atom. The van der Waals surface area contributed by atoms with Crippen LogP contribution in [0.15, 0.2) is 24.3 Å². The van der Waals surface area contributed by atoms with E-state index in [1.165, 1.54) is 0 Å². The number of piperazine rings is 1. The molecule has 1 aromatic carbocycles. The number of nitrogens with one attached hydrogen (secondary N) is 1. The van der Waals surface area contributed by atoms with Crippen LogP contribution in [0.3, 0.4) is 0 Å². The van der Waals surface area contributed by atoms with Gasteiger partial charge in [-0.2, -0.15) is 0 Å². The van der Waals surface area contributed by atoms with Crippen LogP contribution in [0.1, 0.15) is 32.3 Å². The van der Waals surface area contributed by atoms with Gasteiger partial charge < -0.3 is 10.2 Å². The molecule has 0 aromatic heterocycles. The van der Waals surface area contributed by atoms with Gasteiger partial charge in [0, 0.05) is 44.5 Å². The molecule has 0 atom stereocenters. The smallest absolute Gasteiger partial charge is 0.238 e. The van der Waals surface area contributed by atoms with Gasteiger partial charge in [0.25, 0.3) is 0 Å². The van der Waals surface area contributed by atoms with Crippen molar-refractivity contribution in [3.8, 4) is 0 Å². The molecular weight excluding hydrogens is 340 g/mol. The van der Waals surface area contributed by atoms with Gasteiger partial charge in [-0.15, -0.1) is 0 Å². The number of hydrogen-bond acceptors (Lipinski definition) is 4. The van der Waals surface area contributed by atoms with Crippen LogP contribution in [0.4, 0.5) is 5.69 Å². The van der Waals surface area contributed by atoms with Gasteiger partial charge in [0.2, 0.25) is 11.8 Å². The van der Waals surface area contributed by atoms with E-state index in [4.69, 9.17) is 0 Å². The summed E-state index contributed by atoms with van der Waals surface area (Å²) in [6, 6.07) is 8.44. The van der Waals surface area contributed by atoms with Crippen molar-refractivity contribution in [3.63, 3.8) is 0 Å². The summed E-state index contributed by atoms with van der Waals surface area (Å²) in [5.41, 5.74) is 2.07. The minimum absolute atomic E-state index is 0.0336. The van der Waals surface area contributed by atoms with Crippen molar-refractivity contribution < 1.29 is 9.59 Å². The minimum atomic E-state index is 0.0336. The van der Waals surface area contributed by atoms with E-state index in [0.29, 0.717) is 19.1 Å². The zero-order valence-corrected chi connectivity index (χ0v) is 16.6. The highest BCUT2D eigenvalue weighted by Crippen LogP contribution is 2.26. The Kier molecular flexibility index (Phi) is 6.85. The topological polar surface area (TPSA) is 55.9 Å². The van der Waals surface area contributed by atoms with Crippen LogP contribution >= 0.6 is 0 Å². The quantitative estimate of drug-likeness (QED) is 0.756. The number of aryl methyl sites for hydroxylation is 1. The number of rotatable bonds is 8. The molecule has 2 amide bonds. The molecule has 148 valence electrons. The molecule has 6 nitrogen and oxygen atoms in total. The Bertz CT molecular complexity index is 651. The van der Waals surface area contributed by atoms with E-state index >= 15 is 0 Å². The average Bonchev–Trinajstić information content (AvgIpc) is 3.49. The lowest BCUT2D eigenvalue weighted by Crippen LogP contribution is -2.51. The number of hydrogen-bond donors (Lipinski definition) is 1. The molecule has 27 heavy (non-hydrogen) atoms. The molecule has 3 rings (SSSR count). The third-order valence-electron chi connectivity index (χ3n) is 5.51. The fraction of sp³-hybridized carbons (Fsp3) is 0.619. The lowest BCUT2D eigenvalue weighted by molar-refractivity contribution is -0.133. The van der Waals surface area contributed by atoms with Gasteiger partial charge in [0.15, 0.2) is 0 Å². The van der Waals surface area contributed by atoms with E-state index in [0.717, 1.165) is 63.2 Å². The number of amides is 2. The van der Waals surface area contributed by atoms with Crippen LogP contribution in [0.2, 0.25) is 0 Å². The van der Waals surface area contributed by atoms with Crippen LogP contribution < -0.4 is 5.32 Å². The van der Waals surface area contributed by atoms with E-state index in [1.54, 1.807) is 0 Å². The minimum Gasteiger partial charge on any atom is -0.339 e. The van der Waals surface area contributed by atoms with Crippen LogP contribution in [0, 0.1) is 0 Å². The standard InChI is InChI=1S/C21H32N4O2/c1-3-17-7-5-6-8-19(17)22-20(26)15-23-11-13-24(14-12-23)16-21(27)25(4-2)18-9-10-18/h5-8,18H,3-4,9-16H2,1-2H3,(H,22,26). The van der Waals surface area contributed by atoms with Crippen molar-refractivity contribution in [3.05, 3.63) is 29.8 Å². The van der Waals surface area contributed by atoms with Crippen molar-refractivity contribution in [1.29, 1.82) is 0 Å². The third-order valence-corrected chi connectivity index (χ3v) is 5.51. The molecular formula is C21H32N4O2. The molecule has 0 spiro atoms. The lowest BCUT2D eigenvalue weighted by atomic mass is 10.1. The van der Waals surface area contributed by atoms with Gasteiger partial charge in [0.05, 0.1) is 13.1 Å². The van der Waals surface area contributed by atoms with Crippen molar-refractivity contribution in [2.75, 3.05) is 51.1 Å². The van der Waals surface area contributed by atoms with Gasteiger partial charge in [-0.05, 0) is 37.8 Å². The molecule has 0 radical (unpaired) electrons. The van der Waals surface area contributed by atoms with Gasteiger partial charge in [0.1, 0.15) is 0 Å². The fourth-order valence-corrected chi connectivity index (χ4v) is 3.76. The number of likely N-dealkylation sites (N-methyl/N-ethyl adjacent to an activating group) is 1. The number of anilines is 1. The predicted molar refractivity (Wildman–Crippen MR) is 108 cm³/mol. The van der Waals surface area contributed by atoms with Crippen LogP contribution in [0.5, 0.6) is 0 Å². The first kappa shape index (κ1) is 19.8. The van der Waals surface area contributed by atoms with Crippen LogP contribution in [0.25, 0.3) is 0 Å². The molecule has 0 bridgehead atoms. The highest BCUT2D eigenvalue weighted by Gasteiger charge is 2.32. The number of para-hydroxylation sites is 1. The van der Waals surface area contributed by atoms with Gasteiger partial charge in [-0.1, -0.05) is 25.1 Å². The Balaban J connectivity index is 1.41. The molecule has 6 heteroatoms. The second kappa shape index (κ2) is 9.33. The Morgan fingerprint density at radius 3 is 2.26 bits per heavy atom. The normalized spacial score (nSPS) is 18.3. The zero-order chi connectivity index (χ0) is 19.2. The Labute approximate surface area is 162 Å². The third kappa shape index (κ3) is 5.53. The number of nitrogens with zero attached hydrogens (tertiary/aromatic N) is 3. The predicted octanol–water partition coefficient (Wildman–Crippen LogP) is 1.82. The molecule has 1 aliphatic heterocycles. The van der Waals surface area contributed by atoms with Crippen molar-refractivity contribution >= 4 is 17.5 Å². The maximum atomic E-state index is 12.5. The average molecular weight is 373 g/mol. The summed E-state index contributed by atoms with van der Waals surface area (Å²) < 4.78 is 0. The second-order valence-electron chi connectivity index (χ2n) is 7.52. The maximum absolute atomic E-state index is 12.5. The first-order chi connectivity index (χ1) is 13.1. The Morgan fingerprint density at radius 2 is 1.67 bits per heavy atom. The Hall–Kier alpha value is -1.92. The first-order valence-electron chi connectivity index (χ1n) is 10.2. The lowest BCUT2D eigenvalue weighted by Gasteiger charge is -2.35. The van der Waals surface area contributed by atoms with E-state index < -0.39 is 0 Å². The summed E-state index contributed by atoms with van der Waals surface area (Å²) >= 11 is 0. The molecule has 1 aromatic rings. The molecule has 0 unspecified atom stereocenters. The van der Waals surface area contributed by atoms with Crippen molar-refractivity contribution in [2.24, 2.45) is 0 Å². The number of carbonyl (C=O) groups is 2. The molecule has 1 saturated heterocycles. The van der Waals surface area contributed by atoms with Crippen LogP contribution in [-0.2, 0) is 16.0 Å². The highest BCUT2D eigenvalue weighted by molar-refractivity contribution is 5.93. The monoisotopic (exact) mass is 372 g/mol. The largest absolute Gasteiger partial charge is 0.339 e. The molecule has 2 aliphatic rings. The van der Waals surface area contributed by atoms with Gasteiger partial charge >= 0.3 is 0 Å². The summed E-state index contributed by atoms with van der Waals surface area (Å²) in [6.45, 7) is 9.20. The second-order valence-corrected chi connectivity index (χ2v) is 7.52. The summed E-state index contributed by atoms with van der Waals surface area (Å²) in [6.07, 6.45) is 3.21. The molecule has 1 saturated carbocycles. The highest BCUT2D eigenvalue weighted by atomic mass is 16.2. The van der Waals surface area contributed by atoms with E-state index in [-0.39, 0.29) is 11.8 Å². The molecule has 1 aliphatic carbocycles. The number of carbonyl (C=O) groups excluding carboxylic acids is 2. The molecule has 1 N–H and O–H groups in total. The molecule has 2 fully saturated rings. The van der Waals surface area contributed by atoms with E-state index in [9.17, 15) is 9.59 Å². The van der Waals surface area contributed by atoms with Crippen molar-refractivity contribution in [2.45, 2.75) is 39.2 Å². The summed E-state index contributed by atoms with van der Waals surface area (Å²) in [4.78, 5) is 31.2. The summed E-state index contributed by atoms with van der Waals surface area (Å²) in [5.74, 6) is 0.286.